The molecule has 0 radical (unpaired) electrons. The van der Waals surface area contributed by atoms with Crippen LogP contribution in [0.1, 0.15) is 35.5 Å². The third kappa shape index (κ3) is 5.32. The Kier molecular flexibility index (Phi) is 6.58. The van der Waals surface area contributed by atoms with Crippen molar-refractivity contribution in [2.24, 2.45) is 5.92 Å². The Labute approximate surface area is 152 Å². The molecule has 0 unspecified atom stereocenters. The van der Waals surface area contributed by atoms with E-state index in [1.54, 1.807) is 11.6 Å². The van der Waals surface area contributed by atoms with Gasteiger partial charge in [-0.2, -0.15) is 5.10 Å². The van der Waals surface area contributed by atoms with E-state index in [-0.39, 0.29) is 23.2 Å². The van der Waals surface area contributed by atoms with E-state index >= 15 is 0 Å². The minimum Gasteiger partial charge on any atom is -0.452 e. The second-order valence-electron chi connectivity index (χ2n) is 6.17. The van der Waals surface area contributed by atoms with Gasteiger partial charge in [-0.1, -0.05) is 55.8 Å². The lowest BCUT2D eigenvalue weighted by molar-refractivity contribution is -0.124. The van der Waals surface area contributed by atoms with Crippen molar-refractivity contribution in [1.82, 2.24) is 15.1 Å². The number of esters is 1. The van der Waals surface area contributed by atoms with Crippen LogP contribution in [0.2, 0.25) is 5.15 Å². The first-order valence-electron chi connectivity index (χ1n) is 8.09. The molecule has 0 saturated heterocycles. The van der Waals surface area contributed by atoms with E-state index in [1.165, 1.54) is 0 Å². The highest BCUT2D eigenvalue weighted by Gasteiger charge is 2.22. The molecule has 1 heterocycles. The van der Waals surface area contributed by atoms with Crippen molar-refractivity contribution in [2.45, 2.75) is 33.9 Å². The topological polar surface area (TPSA) is 73.2 Å². The highest BCUT2D eigenvalue weighted by atomic mass is 35.5. The lowest BCUT2D eigenvalue weighted by atomic mass is 10.2. The number of carbonyl (C=O) groups is 2. The Morgan fingerprint density at radius 3 is 2.60 bits per heavy atom. The first kappa shape index (κ1) is 19.0. The monoisotopic (exact) mass is 363 g/mol. The molecule has 25 heavy (non-hydrogen) atoms. The second-order valence-corrected chi connectivity index (χ2v) is 6.52. The molecule has 7 heteroatoms. The maximum Gasteiger partial charge on any atom is 0.343 e. The Hall–Kier alpha value is -2.34. The van der Waals surface area contributed by atoms with Gasteiger partial charge in [0.15, 0.2) is 6.61 Å². The highest BCUT2D eigenvalue weighted by molar-refractivity contribution is 6.32. The van der Waals surface area contributed by atoms with Crippen molar-refractivity contribution in [3.63, 3.8) is 0 Å². The number of nitrogens with zero attached hydrogens (tertiary/aromatic N) is 2. The van der Waals surface area contributed by atoms with E-state index in [0.29, 0.717) is 24.7 Å². The molecule has 1 aromatic heterocycles. The smallest absolute Gasteiger partial charge is 0.343 e. The van der Waals surface area contributed by atoms with Crippen molar-refractivity contribution in [1.29, 1.82) is 0 Å². The summed E-state index contributed by atoms with van der Waals surface area (Å²) in [7, 11) is 0. The van der Waals surface area contributed by atoms with Crippen LogP contribution < -0.4 is 5.32 Å². The Morgan fingerprint density at radius 1 is 1.28 bits per heavy atom. The summed E-state index contributed by atoms with van der Waals surface area (Å²) in [4.78, 5) is 24.1. The molecule has 1 N–H and O–H groups in total. The van der Waals surface area contributed by atoms with Crippen LogP contribution in [-0.4, -0.2) is 28.3 Å². The van der Waals surface area contributed by atoms with Crippen molar-refractivity contribution in [3.8, 4) is 0 Å². The van der Waals surface area contributed by atoms with Gasteiger partial charge in [0.05, 0.1) is 5.69 Å². The summed E-state index contributed by atoms with van der Waals surface area (Å²) in [6.07, 6.45) is 0. The third-order valence-corrected chi connectivity index (χ3v) is 3.86. The van der Waals surface area contributed by atoms with Crippen LogP contribution in [0.15, 0.2) is 30.3 Å². The lowest BCUT2D eigenvalue weighted by Crippen LogP contribution is -2.28. The molecule has 0 aliphatic rings. The molecule has 0 aliphatic heterocycles. The summed E-state index contributed by atoms with van der Waals surface area (Å²) >= 11 is 6.22. The molecular formula is C18H22ClN3O3. The SMILES string of the molecule is Cc1nn(CC(C)C)c(Cl)c1C(=O)OCC(=O)NCc1ccccc1. The molecule has 0 spiro atoms. The number of rotatable bonds is 7. The molecule has 2 aromatic rings. The molecular weight excluding hydrogens is 342 g/mol. The van der Waals surface area contributed by atoms with Gasteiger partial charge in [0.2, 0.25) is 0 Å². The maximum absolute atomic E-state index is 12.2. The lowest BCUT2D eigenvalue weighted by Gasteiger charge is -2.07. The van der Waals surface area contributed by atoms with Gasteiger partial charge in [0.25, 0.3) is 5.91 Å². The number of hydrogen-bond donors (Lipinski definition) is 1. The molecule has 0 atom stereocenters. The largest absolute Gasteiger partial charge is 0.452 e. The van der Waals surface area contributed by atoms with Gasteiger partial charge in [-0.15, -0.1) is 0 Å². The first-order valence-corrected chi connectivity index (χ1v) is 8.47. The van der Waals surface area contributed by atoms with Crippen molar-refractivity contribution in [2.75, 3.05) is 6.61 Å². The minimum atomic E-state index is -0.646. The fourth-order valence-corrected chi connectivity index (χ4v) is 2.62. The van der Waals surface area contributed by atoms with Gasteiger partial charge >= 0.3 is 5.97 Å². The molecule has 1 aromatic carbocycles. The zero-order chi connectivity index (χ0) is 18.4. The van der Waals surface area contributed by atoms with E-state index < -0.39 is 5.97 Å². The van der Waals surface area contributed by atoms with E-state index in [4.69, 9.17) is 16.3 Å². The predicted octanol–water partition coefficient (Wildman–Crippen LogP) is 2.97. The fraction of sp³-hybridized carbons (Fsp3) is 0.389. The quantitative estimate of drug-likeness (QED) is 0.767. The van der Waals surface area contributed by atoms with Crippen LogP contribution in [0.4, 0.5) is 0 Å². The Bertz CT molecular complexity index is 742. The normalized spacial score (nSPS) is 10.8. The van der Waals surface area contributed by atoms with Crippen molar-refractivity contribution >= 4 is 23.5 Å². The number of hydrogen-bond acceptors (Lipinski definition) is 4. The van der Waals surface area contributed by atoms with Gasteiger partial charge in [0.1, 0.15) is 10.7 Å². The molecule has 0 saturated carbocycles. The number of benzene rings is 1. The minimum absolute atomic E-state index is 0.207. The summed E-state index contributed by atoms with van der Waals surface area (Å²) < 4.78 is 6.65. The molecule has 134 valence electrons. The average Bonchev–Trinajstić information content (AvgIpc) is 2.85. The number of halogens is 1. The third-order valence-electron chi connectivity index (χ3n) is 3.47. The first-order chi connectivity index (χ1) is 11.9. The summed E-state index contributed by atoms with van der Waals surface area (Å²) in [5, 5.41) is 7.19. The summed E-state index contributed by atoms with van der Waals surface area (Å²) in [5.41, 5.74) is 1.66. The second kappa shape index (κ2) is 8.67. The van der Waals surface area contributed by atoms with Gasteiger partial charge in [-0.05, 0) is 18.4 Å². The summed E-state index contributed by atoms with van der Waals surface area (Å²) in [6, 6.07) is 9.48. The van der Waals surface area contributed by atoms with Gasteiger partial charge in [0, 0.05) is 13.1 Å². The number of aryl methyl sites for hydroxylation is 1. The standard InChI is InChI=1S/C18H22ClN3O3/c1-12(2)10-22-17(19)16(13(3)21-22)18(24)25-11-15(23)20-9-14-7-5-4-6-8-14/h4-8,12H,9-11H2,1-3H3,(H,20,23). The number of amides is 1. The summed E-state index contributed by atoms with van der Waals surface area (Å²) in [5.74, 6) is -0.683. The van der Waals surface area contributed by atoms with Crippen LogP contribution in [0.3, 0.4) is 0 Å². The van der Waals surface area contributed by atoms with Crippen LogP contribution in [0, 0.1) is 12.8 Å². The van der Waals surface area contributed by atoms with Gasteiger partial charge in [-0.25, -0.2) is 4.79 Å². The van der Waals surface area contributed by atoms with Crippen LogP contribution >= 0.6 is 11.6 Å². The fourth-order valence-electron chi connectivity index (χ4n) is 2.30. The van der Waals surface area contributed by atoms with Crippen LogP contribution in [0.5, 0.6) is 0 Å². The molecule has 0 aliphatic carbocycles. The number of nitrogens with one attached hydrogen (secondary N) is 1. The van der Waals surface area contributed by atoms with E-state index in [2.05, 4.69) is 10.4 Å². The maximum atomic E-state index is 12.2. The number of ether oxygens (including phenoxy) is 1. The zero-order valence-electron chi connectivity index (χ0n) is 14.6. The molecule has 0 fully saturated rings. The van der Waals surface area contributed by atoms with Crippen LogP contribution in [0.25, 0.3) is 0 Å². The molecule has 2 rings (SSSR count). The number of aromatic nitrogens is 2. The van der Waals surface area contributed by atoms with Gasteiger partial charge < -0.3 is 10.1 Å². The van der Waals surface area contributed by atoms with E-state index in [9.17, 15) is 9.59 Å². The molecule has 6 nitrogen and oxygen atoms in total. The van der Waals surface area contributed by atoms with E-state index in [0.717, 1.165) is 5.56 Å². The molecule has 0 bridgehead atoms. The number of carbonyl (C=O) groups excluding carboxylic acids is 2. The van der Waals surface area contributed by atoms with Crippen LogP contribution in [-0.2, 0) is 22.6 Å². The average molecular weight is 364 g/mol. The highest BCUT2D eigenvalue weighted by Crippen LogP contribution is 2.21. The predicted molar refractivity (Wildman–Crippen MR) is 95.4 cm³/mol. The summed E-state index contributed by atoms with van der Waals surface area (Å²) in [6.45, 7) is 6.37. The zero-order valence-corrected chi connectivity index (χ0v) is 15.3. The molecule has 1 amide bonds. The Balaban J connectivity index is 1.89. The van der Waals surface area contributed by atoms with E-state index in [1.807, 2.05) is 44.2 Å². The van der Waals surface area contributed by atoms with Crippen molar-refractivity contribution < 1.29 is 14.3 Å². The van der Waals surface area contributed by atoms with Crippen molar-refractivity contribution in [3.05, 3.63) is 52.3 Å². The Morgan fingerprint density at radius 2 is 1.96 bits per heavy atom. The van der Waals surface area contributed by atoms with Gasteiger partial charge in [-0.3, -0.25) is 9.48 Å².